The zero-order chi connectivity index (χ0) is 8.43. The average Bonchev–Trinajstić information content (AvgIpc) is 2.30. The summed E-state index contributed by atoms with van der Waals surface area (Å²) < 4.78 is 0. The lowest BCUT2D eigenvalue weighted by molar-refractivity contribution is 0.375. The van der Waals surface area contributed by atoms with E-state index in [0.717, 1.165) is 18.7 Å². The number of rotatable bonds is 1. The van der Waals surface area contributed by atoms with Gasteiger partial charge in [-0.15, -0.1) is 9.24 Å². The third-order valence-electron chi connectivity index (χ3n) is 1.97. The predicted octanol–water partition coefficient (Wildman–Crippen LogP) is 1.36. The van der Waals surface area contributed by atoms with E-state index in [0.29, 0.717) is 5.66 Å². The molecule has 2 nitrogen and oxygen atoms in total. The molecule has 1 saturated heterocycles. The van der Waals surface area contributed by atoms with Crippen molar-refractivity contribution in [3.63, 3.8) is 0 Å². The van der Waals surface area contributed by atoms with Gasteiger partial charge in [0.05, 0.1) is 6.07 Å². The Kier molecular flexibility index (Phi) is 2.52. The molecular weight excluding hydrogens is 155 g/mol. The molecular formula is C8H13N2P. The van der Waals surface area contributed by atoms with E-state index in [2.05, 4.69) is 26.8 Å². The Bertz CT molecular complexity index is 207. The maximum Gasteiger partial charge on any atom is 0.117 e. The molecule has 0 bridgehead atoms. The molecule has 3 atom stereocenters. The van der Waals surface area contributed by atoms with E-state index in [1.165, 1.54) is 0 Å². The summed E-state index contributed by atoms with van der Waals surface area (Å²) in [6.07, 6.45) is 0.952. The molecule has 0 aromatic rings. The summed E-state index contributed by atoms with van der Waals surface area (Å²) in [5, 5.41) is 8.76. The van der Waals surface area contributed by atoms with Gasteiger partial charge in [0.2, 0.25) is 0 Å². The SMILES string of the molecule is C=C(C)N1CC(P)CC1C#N. The van der Waals surface area contributed by atoms with Gasteiger partial charge >= 0.3 is 0 Å². The van der Waals surface area contributed by atoms with Crippen LogP contribution in [0.3, 0.4) is 0 Å². The van der Waals surface area contributed by atoms with Crippen molar-refractivity contribution in [3.8, 4) is 6.07 Å². The number of allylic oxidation sites excluding steroid dienone is 1. The van der Waals surface area contributed by atoms with Gasteiger partial charge in [0.15, 0.2) is 0 Å². The third kappa shape index (κ3) is 1.73. The van der Waals surface area contributed by atoms with Crippen molar-refractivity contribution in [2.24, 2.45) is 0 Å². The molecule has 3 heteroatoms. The van der Waals surface area contributed by atoms with E-state index in [1.54, 1.807) is 0 Å². The van der Waals surface area contributed by atoms with Gasteiger partial charge in [-0.25, -0.2) is 0 Å². The Morgan fingerprint density at radius 1 is 1.82 bits per heavy atom. The van der Waals surface area contributed by atoms with Crippen molar-refractivity contribution in [3.05, 3.63) is 12.3 Å². The zero-order valence-electron chi connectivity index (χ0n) is 6.75. The fraction of sp³-hybridized carbons (Fsp3) is 0.625. The maximum atomic E-state index is 8.76. The number of nitriles is 1. The number of nitrogens with zero attached hydrogens (tertiary/aromatic N) is 2. The van der Waals surface area contributed by atoms with Gasteiger partial charge in [-0.2, -0.15) is 5.26 Å². The zero-order valence-corrected chi connectivity index (χ0v) is 7.90. The van der Waals surface area contributed by atoms with Gasteiger partial charge in [-0.1, -0.05) is 6.58 Å². The van der Waals surface area contributed by atoms with Crippen molar-refractivity contribution in [1.29, 1.82) is 5.26 Å². The lowest BCUT2D eigenvalue weighted by Crippen LogP contribution is -2.25. The summed E-state index contributed by atoms with van der Waals surface area (Å²) >= 11 is 0. The Morgan fingerprint density at radius 3 is 2.82 bits per heavy atom. The van der Waals surface area contributed by atoms with Gasteiger partial charge < -0.3 is 4.90 Å². The van der Waals surface area contributed by atoms with Crippen molar-refractivity contribution in [2.75, 3.05) is 6.54 Å². The van der Waals surface area contributed by atoms with Crippen LogP contribution in [0.4, 0.5) is 0 Å². The molecule has 60 valence electrons. The van der Waals surface area contributed by atoms with Gasteiger partial charge in [0.25, 0.3) is 0 Å². The molecule has 1 aliphatic rings. The molecule has 1 rings (SSSR count). The quantitative estimate of drug-likeness (QED) is 0.553. The van der Waals surface area contributed by atoms with Gasteiger partial charge in [-0.05, 0) is 19.0 Å². The molecule has 0 amide bonds. The molecule has 0 aromatic heterocycles. The average molecular weight is 168 g/mol. The summed E-state index contributed by atoms with van der Waals surface area (Å²) in [4.78, 5) is 2.07. The molecule has 1 heterocycles. The van der Waals surface area contributed by atoms with Crippen LogP contribution in [0, 0.1) is 11.3 Å². The second kappa shape index (κ2) is 3.24. The number of hydrogen-bond acceptors (Lipinski definition) is 2. The first-order chi connectivity index (χ1) is 5.15. The highest BCUT2D eigenvalue weighted by atomic mass is 31.0. The molecule has 0 radical (unpaired) electrons. The molecule has 1 fully saturated rings. The van der Waals surface area contributed by atoms with Crippen molar-refractivity contribution in [1.82, 2.24) is 4.90 Å². The Labute approximate surface area is 70.1 Å². The van der Waals surface area contributed by atoms with Gasteiger partial charge in [0.1, 0.15) is 6.04 Å². The minimum atomic E-state index is 0.0509. The number of hydrogen-bond donors (Lipinski definition) is 0. The van der Waals surface area contributed by atoms with E-state index >= 15 is 0 Å². The topological polar surface area (TPSA) is 27.0 Å². The Morgan fingerprint density at radius 2 is 2.45 bits per heavy atom. The van der Waals surface area contributed by atoms with Crippen molar-refractivity contribution < 1.29 is 0 Å². The van der Waals surface area contributed by atoms with Crippen LogP contribution in [0.5, 0.6) is 0 Å². The highest BCUT2D eigenvalue weighted by Gasteiger charge is 2.28. The van der Waals surface area contributed by atoms with E-state index in [4.69, 9.17) is 5.26 Å². The monoisotopic (exact) mass is 168 g/mol. The van der Waals surface area contributed by atoms with E-state index < -0.39 is 0 Å². The van der Waals surface area contributed by atoms with Gasteiger partial charge in [-0.3, -0.25) is 0 Å². The second-order valence-electron chi connectivity index (χ2n) is 3.03. The lowest BCUT2D eigenvalue weighted by atomic mass is 10.2. The molecule has 0 saturated carbocycles. The molecule has 0 aromatic carbocycles. The van der Waals surface area contributed by atoms with Crippen LogP contribution in [-0.4, -0.2) is 23.1 Å². The molecule has 1 aliphatic heterocycles. The summed E-state index contributed by atoms with van der Waals surface area (Å²) in [6.45, 7) is 6.74. The Balaban J connectivity index is 2.67. The standard InChI is InChI=1S/C8H13N2P/c1-6(2)10-5-8(11)3-7(10)4-9/h7-8H,1,3,5,11H2,2H3. The molecule has 0 aliphatic carbocycles. The summed E-state index contributed by atoms with van der Waals surface area (Å²) in [7, 11) is 2.76. The lowest BCUT2D eigenvalue weighted by Gasteiger charge is -2.20. The summed E-state index contributed by atoms with van der Waals surface area (Å²) in [5.41, 5.74) is 1.55. The van der Waals surface area contributed by atoms with Gasteiger partial charge in [0, 0.05) is 12.2 Å². The van der Waals surface area contributed by atoms with Crippen LogP contribution in [0.1, 0.15) is 13.3 Å². The van der Waals surface area contributed by atoms with Crippen LogP contribution in [-0.2, 0) is 0 Å². The predicted molar refractivity (Wildman–Crippen MR) is 49.0 cm³/mol. The minimum Gasteiger partial charge on any atom is -0.359 e. The van der Waals surface area contributed by atoms with E-state index in [1.807, 2.05) is 6.92 Å². The van der Waals surface area contributed by atoms with Crippen LogP contribution < -0.4 is 0 Å². The summed E-state index contributed by atoms with van der Waals surface area (Å²) in [6, 6.07) is 2.33. The highest BCUT2D eigenvalue weighted by molar-refractivity contribution is 7.17. The van der Waals surface area contributed by atoms with Crippen LogP contribution in [0.25, 0.3) is 0 Å². The molecule has 3 unspecified atom stereocenters. The largest absolute Gasteiger partial charge is 0.359 e. The molecule has 11 heavy (non-hydrogen) atoms. The smallest absolute Gasteiger partial charge is 0.117 e. The molecule has 0 spiro atoms. The third-order valence-corrected chi connectivity index (χ3v) is 2.46. The van der Waals surface area contributed by atoms with Crippen LogP contribution in [0.15, 0.2) is 12.3 Å². The molecule has 0 N–H and O–H groups in total. The second-order valence-corrected chi connectivity index (χ2v) is 3.97. The first kappa shape index (κ1) is 8.56. The first-order valence-corrected chi connectivity index (χ1v) is 4.39. The normalized spacial score (nSPS) is 30.1. The van der Waals surface area contributed by atoms with Crippen LogP contribution in [0.2, 0.25) is 0 Å². The fourth-order valence-electron chi connectivity index (χ4n) is 1.41. The number of likely N-dealkylation sites (tertiary alicyclic amines) is 1. The van der Waals surface area contributed by atoms with Crippen molar-refractivity contribution >= 4 is 9.24 Å². The van der Waals surface area contributed by atoms with E-state index in [-0.39, 0.29) is 6.04 Å². The van der Waals surface area contributed by atoms with E-state index in [9.17, 15) is 0 Å². The first-order valence-electron chi connectivity index (χ1n) is 3.72. The minimum absolute atomic E-state index is 0.0509. The van der Waals surface area contributed by atoms with Crippen molar-refractivity contribution in [2.45, 2.75) is 25.0 Å². The highest BCUT2D eigenvalue weighted by Crippen LogP contribution is 2.25. The maximum absolute atomic E-state index is 8.76. The van der Waals surface area contributed by atoms with Crippen LogP contribution >= 0.6 is 9.24 Å². The fourth-order valence-corrected chi connectivity index (χ4v) is 1.90. The summed E-state index contributed by atoms with van der Waals surface area (Å²) in [5.74, 6) is 0. The Hall–Kier alpha value is -0.540.